The molecule has 0 amide bonds. The lowest BCUT2D eigenvalue weighted by molar-refractivity contribution is 0.0984. The zero-order valence-corrected chi connectivity index (χ0v) is 45.3. The quantitative estimate of drug-likeness (QED) is 0.0954. The number of nitrogens with zero attached hydrogens (tertiary/aromatic N) is 3. The van der Waals surface area contributed by atoms with Gasteiger partial charge in [-0.2, -0.15) is 0 Å². The monoisotopic (exact) mass is 1020 g/mol. The Morgan fingerprint density at radius 2 is 0.487 bits per heavy atom. The average molecular weight is 1020 g/mol. The predicted molar refractivity (Wildman–Crippen MR) is 315 cm³/mol. The lowest BCUT2D eigenvalue weighted by atomic mass is 9.97. The van der Waals surface area contributed by atoms with E-state index >= 15 is 0 Å². The fraction of sp³-hybridized carbons (Fsp3) is 0.208. The summed E-state index contributed by atoms with van der Waals surface area (Å²) < 4.78 is 0. The van der Waals surface area contributed by atoms with Crippen molar-refractivity contribution >= 4 is 17.3 Å². The topological polar surface area (TPSA) is 60.9 Å². The maximum atomic E-state index is 13.7. The molecular formula is C72H69N3O3. The highest BCUT2D eigenvalue weighted by Crippen LogP contribution is 2.27. The first-order valence-corrected chi connectivity index (χ1v) is 27.4. The van der Waals surface area contributed by atoms with Crippen LogP contribution < -0.4 is 0 Å². The second-order valence-corrected chi connectivity index (χ2v) is 21.6. The first kappa shape index (κ1) is 53.3. The normalized spacial score (nSPS) is 13.6. The van der Waals surface area contributed by atoms with Crippen LogP contribution in [-0.4, -0.2) is 32.0 Å². The highest BCUT2D eigenvalue weighted by atomic mass is 16.1. The van der Waals surface area contributed by atoms with Gasteiger partial charge in [0.15, 0.2) is 17.3 Å². The van der Waals surface area contributed by atoms with Crippen LogP contribution in [0.5, 0.6) is 0 Å². The molecule has 1 heterocycles. The van der Waals surface area contributed by atoms with Crippen LogP contribution in [0.1, 0.15) is 115 Å². The number of carbonyl (C=O) groups is 3. The van der Waals surface area contributed by atoms with E-state index in [1.165, 1.54) is 50.1 Å². The van der Waals surface area contributed by atoms with Crippen molar-refractivity contribution < 1.29 is 14.4 Å². The van der Waals surface area contributed by atoms with Crippen LogP contribution in [0.2, 0.25) is 0 Å². The lowest BCUT2D eigenvalue weighted by Gasteiger charge is -2.28. The van der Waals surface area contributed by atoms with Gasteiger partial charge in [0.05, 0.1) is 0 Å². The first-order chi connectivity index (χ1) is 38.0. The van der Waals surface area contributed by atoms with Gasteiger partial charge in [-0.15, -0.1) is 0 Å². The highest BCUT2D eigenvalue weighted by Gasteiger charge is 2.21. The van der Waals surface area contributed by atoms with E-state index in [1.807, 2.05) is 109 Å². The summed E-state index contributed by atoms with van der Waals surface area (Å²) in [7, 11) is 0. The largest absolute Gasteiger partial charge is 0.294 e. The van der Waals surface area contributed by atoms with E-state index < -0.39 is 0 Å². The molecule has 0 unspecified atom stereocenters. The molecular weight excluding hydrogens is 955 g/mol. The van der Waals surface area contributed by atoms with Gasteiger partial charge in [-0.1, -0.05) is 235 Å². The van der Waals surface area contributed by atoms with Crippen molar-refractivity contribution in [1.82, 2.24) is 14.7 Å². The molecule has 0 radical (unpaired) electrons. The van der Waals surface area contributed by atoms with Crippen LogP contribution in [-0.2, 0) is 78.2 Å². The molecule has 6 nitrogen and oxygen atoms in total. The summed E-state index contributed by atoms with van der Waals surface area (Å²) >= 11 is 0. The number of rotatable bonds is 15. The van der Waals surface area contributed by atoms with Gasteiger partial charge in [0.25, 0.3) is 0 Å². The molecule has 0 N–H and O–H groups in total. The van der Waals surface area contributed by atoms with Crippen molar-refractivity contribution in [2.45, 2.75) is 98.9 Å². The van der Waals surface area contributed by atoms with Crippen molar-refractivity contribution in [3.8, 4) is 0 Å². The van der Waals surface area contributed by atoms with E-state index in [4.69, 9.17) is 0 Å². The minimum Gasteiger partial charge on any atom is -0.294 e. The molecule has 1 aliphatic rings. The predicted octanol–water partition coefficient (Wildman–Crippen LogP) is 14.8. The molecule has 0 fully saturated rings. The molecule has 1 aliphatic heterocycles. The van der Waals surface area contributed by atoms with Gasteiger partial charge >= 0.3 is 0 Å². The van der Waals surface area contributed by atoms with Crippen LogP contribution in [0, 0.1) is 20.8 Å². The fourth-order valence-corrected chi connectivity index (χ4v) is 11.5. The third-order valence-electron chi connectivity index (χ3n) is 14.9. The van der Waals surface area contributed by atoms with E-state index in [0.717, 1.165) is 50.1 Å². The number of hydrogen-bond acceptors (Lipinski definition) is 6. The summed E-state index contributed by atoms with van der Waals surface area (Å²) in [5, 5.41) is 0. The van der Waals surface area contributed by atoms with Crippen LogP contribution in [0.4, 0.5) is 0 Å². The van der Waals surface area contributed by atoms with Crippen LogP contribution in [0.25, 0.3) is 0 Å². The molecule has 0 spiro atoms. The number of carbonyl (C=O) groups excluding carboxylic acids is 3. The third kappa shape index (κ3) is 14.5. The Balaban J connectivity index is 1.04. The Morgan fingerprint density at radius 3 is 0.718 bits per heavy atom. The minimum atomic E-state index is 0.112. The summed E-state index contributed by atoms with van der Waals surface area (Å²) in [5.74, 6) is 0.335. The van der Waals surface area contributed by atoms with Gasteiger partial charge in [0.1, 0.15) is 0 Å². The standard InChI is InChI=1S/C72H69N3O3/c1-52-31-55-37-56(32-52)44-74(50-68-29-17-14-26-65(68)41-71(77)62-21-9-5-10-22-62)46-58-34-54(3)36-60(39-58)48-75(51-69-30-18-15-27-66(69)42-72(78)63-23-11-6-12-24-63)47-59-35-53(2)33-57(38-59)45-73(43-55)49-67-28-16-13-25-64(67)40-70(76)61-19-7-4-8-20-61/h4-39H,40-51H2,1-3H3. The van der Waals surface area contributed by atoms with Gasteiger partial charge in [-0.25, -0.2) is 0 Å². The molecule has 9 aromatic rings. The summed E-state index contributed by atoms with van der Waals surface area (Å²) in [6, 6.07) is 75.3. The molecule has 9 aromatic carbocycles. The van der Waals surface area contributed by atoms with Gasteiger partial charge in [0.2, 0.25) is 0 Å². The van der Waals surface area contributed by atoms with Crippen LogP contribution in [0.15, 0.2) is 218 Å². The number of aryl methyl sites for hydroxylation is 3. The molecule has 0 saturated carbocycles. The molecule has 10 rings (SSSR count). The molecule has 0 aromatic heterocycles. The molecule has 390 valence electrons. The van der Waals surface area contributed by atoms with Crippen LogP contribution in [0.3, 0.4) is 0 Å². The number of benzene rings is 9. The molecule has 0 atom stereocenters. The average Bonchev–Trinajstić information content (AvgIpc) is 3.42. The second kappa shape index (κ2) is 25.3. The highest BCUT2D eigenvalue weighted by molar-refractivity contribution is 5.98. The third-order valence-corrected chi connectivity index (χ3v) is 14.9. The zero-order valence-electron chi connectivity index (χ0n) is 45.3. The molecule has 78 heavy (non-hydrogen) atoms. The first-order valence-electron chi connectivity index (χ1n) is 27.4. The van der Waals surface area contributed by atoms with Gasteiger partial charge in [-0.05, 0) is 87.5 Å². The van der Waals surface area contributed by atoms with Crippen molar-refractivity contribution in [2.24, 2.45) is 0 Å². The summed E-state index contributed by atoms with van der Waals surface area (Å²) in [5.41, 5.74) is 19.8. The Morgan fingerprint density at radius 1 is 0.282 bits per heavy atom. The number of hydrogen-bond donors (Lipinski definition) is 0. The lowest BCUT2D eigenvalue weighted by Crippen LogP contribution is -2.26. The van der Waals surface area contributed by atoms with Crippen molar-refractivity contribution in [3.05, 3.63) is 319 Å². The van der Waals surface area contributed by atoms with E-state index in [1.54, 1.807) is 0 Å². The van der Waals surface area contributed by atoms with Crippen LogP contribution >= 0.6 is 0 Å². The van der Waals surface area contributed by atoms with E-state index in [9.17, 15) is 14.4 Å². The Hall–Kier alpha value is -8.13. The second-order valence-electron chi connectivity index (χ2n) is 21.6. The maximum Gasteiger partial charge on any atom is 0.167 e. The van der Waals surface area contributed by atoms with E-state index in [-0.39, 0.29) is 17.3 Å². The maximum absolute atomic E-state index is 13.7. The Bertz CT molecular complexity index is 3090. The van der Waals surface area contributed by atoms with E-state index in [0.29, 0.717) is 78.2 Å². The number of ketones is 3. The molecule has 6 heteroatoms. The van der Waals surface area contributed by atoms with Crippen molar-refractivity contribution in [2.75, 3.05) is 0 Å². The SMILES string of the molecule is Cc1cc2cc(c1)CN(Cc1ccccc1CC(=O)c1ccccc1)Cc1cc(C)cc(c1)CN(Cc1ccccc1CC(=O)c1ccccc1)Cc1cc(C)cc(c1)CN(Cc1ccccc1CC(=O)c1ccccc1)C2. The fourth-order valence-electron chi connectivity index (χ4n) is 11.5. The molecule has 0 saturated heterocycles. The van der Waals surface area contributed by atoms with E-state index in [2.05, 4.69) is 145 Å². The Kier molecular flexibility index (Phi) is 17.3. The smallest absolute Gasteiger partial charge is 0.167 e. The summed E-state index contributed by atoms with van der Waals surface area (Å²) in [6.45, 7) is 12.8. The number of Topliss-reactive ketones (excluding diaryl/α,β-unsaturated/α-hetero) is 3. The molecule has 0 aliphatic carbocycles. The minimum absolute atomic E-state index is 0.112. The molecule has 6 bridgehead atoms. The van der Waals surface area contributed by atoms with Gasteiger partial charge in [-0.3, -0.25) is 29.1 Å². The van der Waals surface area contributed by atoms with Gasteiger partial charge < -0.3 is 0 Å². The Labute approximate surface area is 461 Å². The number of fused-ring (bicyclic) bond motifs is 6. The zero-order chi connectivity index (χ0) is 53.8. The van der Waals surface area contributed by atoms with Crippen molar-refractivity contribution in [1.29, 1.82) is 0 Å². The summed E-state index contributed by atoms with van der Waals surface area (Å²) in [4.78, 5) is 48.8. The summed E-state index contributed by atoms with van der Waals surface area (Å²) in [6.07, 6.45) is 0.993. The van der Waals surface area contributed by atoms with Crippen molar-refractivity contribution in [3.63, 3.8) is 0 Å². The van der Waals surface area contributed by atoms with Gasteiger partial charge in [0, 0.05) is 94.9 Å².